The van der Waals surface area contributed by atoms with Crippen LogP contribution in [0.5, 0.6) is 0 Å². The van der Waals surface area contributed by atoms with E-state index in [9.17, 15) is 9.18 Å². The van der Waals surface area contributed by atoms with Crippen molar-refractivity contribution in [2.24, 2.45) is 0 Å². The first-order valence-electron chi connectivity index (χ1n) is 6.66. The monoisotopic (exact) mass is 263 g/mol. The Bertz CT molecular complexity index is 470. The molecule has 0 radical (unpaired) electrons. The van der Waals surface area contributed by atoms with Gasteiger partial charge in [-0.25, -0.2) is 9.18 Å². The van der Waals surface area contributed by atoms with E-state index in [0.29, 0.717) is 12.6 Å². The van der Waals surface area contributed by atoms with Crippen molar-refractivity contribution in [2.45, 2.75) is 18.5 Å². The summed E-state index contributed by atoms with van der Waals surface area (Å²) in [6, 6.07) is 6.82. The van der Waals surface area contributed by atoms with Crippen LogP contribution in [0.4, 0.5) is 9.18 Å². The maximum atomic E-state index is 13.0. The van der Waals surface area contributed by atoms with E-state index in [1.165, 1.54) is 12.1 Å². The summed E-state index contributed by atoms with van der Waals surface area (Å²) >= 11 is 0. The molecule has 2 saturated heterocycles. The van der Waals surface area contributed by atoms with Gasteiger partial charge in [-0.1, -0.05) is 12.1 Å². The maximum Gasteiger partial charge on any atom is 0.320 e. The summed E-state index contributed by atoms with van der Waals surface area (Å²) in [6.07, 6.45) is 1.01. The molecule has 2 fully saturated rings. The standard InChI is InChI=1S/C14H18FN3O/c1-17-13(10-2-4-11(15)5-3-10)9-18(14(17)19)12-6-7-16-8-12/h2-5,12-13,16H,6-9H2,1H3. The van der Waals surface area contributed by atoms with Crippen LogP contribution >= 0.6 is 0 Å². The summed E-state index contributed by atoms with van der Waals surface area (Å²) in [5.41, 5.74) is 0.991. The van der Waals surface area contributed by atoms with Gasteiger partial charge in [0.25, 0.3) is 0 Å². The third-order valence-electron chi connectivity index (χ3n) is 4.11. The predicted octanol–water partition coefficient (Wildman–Crippen LogP) is 1.60. The predicted molar refractivity (Wildman–Crippen MR) is 70.3 cm³/mol. The van der Waals surface area contributed by atoms with Gasteiger partial charge in [0.2, 0.25) is 0 Å². The molecule has 3 rings (SSSR count). The number of urea groups is 1. The Morgan fingerprint density at radius 1 is 1.32 bits per heavy atom. The van der Waals surface area contributed by atoms with E-state index in [-0.39, 0.29) is 17.9 Å². The van der Waals surface area contributed by atoms with Crippen molar-refractivity contribution in [3.05, 3.63) is 35.6 Å². The lowest BCUT2D eigenvalue weighted by atomic mass is 10.1. The molecule has 0 aromatic heterocycles. The zero-order chi connectivity index (χ0) is 13.4. The number of nitrogens with zero attached hydrogens (tertiary/aromatic N) is 2. The first kappa shape index (κ1) is 12.4. The molecule has 2 aliphatic rings. The molecular weight excluding hydrogens is 245 g/mol. The van der Waals surface area contributed by atoms with Gasteiger partial charge >= 0.3 is 6.03 Å². The summed E-state index contributed by atoms with van der Waals surface area (Å²) in [5.74, 6) is -0.243. The second-order valence-corrected chi connectivity index (χ2v) is 5.26. The molecule has 1 aromatic rings. The van der Waals surface area contributed by atoms with Crippen LogP contribution in [0.25, 0.3) is 0 Å². The van der Waals surface area contributed by atoms with Gasteiger partial charge in [0.1, 0.15) is 5.82 Å². The highest BCUT2D eigenvalue weighted by atomic mass is 19.1. The molecule has 0 saturated carbocycles. The van der Waals surface area contributed by atoms with Crippen LogP contribution < -0.4 is 5.32 Å². The second kappa shape index (κ2) is 4.81. The van der Waals surface area contributed by atoms with Crippen LogP contribution in [0.1, 0.15) is 18.0 Å². The lowest BCUT2D eigenvalue weighted by molar-refractivity contribution is 0.184. The molecule has 5 heteroatoms. The third kappa shape index (κ3) is 2.18. The van der Waals surface area contributed by atoms with Gasteiger partial charge in [0, 0.05) is 26.2 Å². The molecule has 0 bridgehead atoms. The average Bonchev–Trinajstić information content (AvgIpc) is 3.02. The number of carbonyl (C=O) groups is 1. The zero-order valence-electron chi connectivity index (χ0n) is 11.0. The minimum Gasteiger partial charge on any atom is -0.319 e. The summed E-state index contributed by atoms with van der Waals surface area (Å²) in [6.45, 7) is 2.53. The molecule has 2 unspecified atom stereocenters. The first-order valence-corrected chi connectivity index (χ1v) is 6.66. The minimum atomic E-state index is -0.243. The van der Waals surface area contributed by atoms with Gasteiger partial charge in [0.05, 0.1) is 6.04 Å². The summed E-state index contributed by atoms with van der Waals surface area (Å²) in [5, 5.41) is 3.28. The highest BCUT2D eigenvalue weighted by molar-refractivity contribution is 5.77. The smallest absolute Gasteiger partial charge is 0.319 e. The summed E-state index contributed by atoms with van der Waals surface area (Å²) < 4.78 is 13.0. The number of amides is 2. The molecule has 0 aliphatic carbocycles. The molecule has 4 nitrogen and oxygen atoms in total. The van der Waals surface area contributed by atoms with E-state index < -0.39 is 0 Å². The molecule has 102 valence electrons. The molecule has 1 aromatic carbocycles. The van der Waals surface area contributed by atoms with Gasteiger partial charge in [-0.15, -0.1) is 0 Å². The Morgan fingerprint density at radius 2 is 2.05 bits per heavy atom. The quantitative estimate of drug-likeness (QED) is 0.879. The van der Waals surface area contributed by atoms with Crippen LogP contribution in [0, 0.1) is 5.82 Å². The van der Waals surface area contributed by atoms with E-state index in [1.807, 2.05) is 11.9 Å². The number of rotatable bonds is 2. The van der Waals surface area contributed by atoms with Crippen LogP contribution in [-0.4, -0.2) is 48.6 Å². The number of halogens is 1. The number of hydrogen-bond donors (Lipinski definition) is 1. The topological polar surface area (TPSA) is 35.6 Å². The van der Waals surface area contributed by atoms with Crippen LogP contribution in [0.2, 0.25) is 0 Å². The number of carbonyl (C=O) groups excluding carboxylic acids is 1. The summed E-state index contributed by atoms with van der Waals surface area (Å²) in [4.78, 5) is 16.0. The molecule has 0 spiro atoms. The van der Waals surface area contributed by atoms with Crippen molar-refractivity contribution in [2.75, 3.05) is 26.7 Å². The Morgan fingerprint density at radius 3 is 2.68 bits per heavy atom. The van der Waals surface area contributed by atoms with Gasteiger partial charge < -0.3 is 15.1 Å². The van der Waals surface area contributed by atoms with E-state index in [2.05, 4.69) is 5.32 Å². The number of likely N-dealkylation sites (N-methyl/N-ethyl adjacent to an activating group) is 1. The van der Waals surface area contributed by atoms with E-state index in [4.69, 9.17) is 0 Å². The van der Waals surface area contributed by atoms with Crippen molar-refractivity contribution in [1.82, 2.24) is 15.1 Å². The van der Waals surface area contributed by atoms with Gasteiger partial charge in [-0.2, -0.15) is 0 Å². The SMILES string of the molecule is CN1C(=O)N(C2CCNC2)CC1c1ccc(F)cc1. The van der Waals surface area contributed by atoms with Gasteiger partial charge in [-0.05, 0) is 30.7 Å². The Balaban J connectivity index is 1.80. The highest BCUT2D eigenvalue weighted by Gasteiger charge is 2.39. The lowest BCUT2D eigenvalue weighted by Gasteiger charge is -2.22. The Kier molecular flexibility index (Phi) is 3.14. The van der Waals surface area contributed by atoms with Gasteiger partial charge in [-0.3, -0.25) is 0 Å². The largest absolute Gasteiger partial charge is 0.320 e. The second-order valence-electron chi connectivity index (χ2n) is 5.26. The molecule has 2 atom stereocenters. The third-order valence-corrected chi connectivity index (χ3v) is 4.11. The molecular formula is C14H18FN3O. The van der Waals surface area contributed by atoms with Crippen LogP contribution in [0.3, 0.4) is 0 Å². The fourth-order valence-corrected chi connectivity index (χ4v) is 2.95. The minimum absolute atomic E-state index is 0.0219. The number of nitrogens with one attached hydrogen (secondary N) is 1. The van der Waals surface area contributed by atoms with Crippen LogP contribution in [-0.2, 0) is 0 Å². The van der Waals surface area contributed by atoms with Crippen molar-refractivity contribution in [3.8, 4) is 0 Å². The van der Waals surface area contributed by atoms with E-state index >= 15 is 0 Å². The van der Waals surface area contributed by atoms with Crippen molar-refractivity contribution in [3.63, 3.8) is 0 Å². The van der Waals surface area contributed by atoms with Gasteiger partial charge in [0.15, 0.2) is 0 Å². The lowest BCUT2D eigenvalue weighted by Crippen LogP contribution is -2.39. The first-order chi connectivity index (χ1) is 9.16. The molecule has 2 amide bonds. The van der Waals surface area contributed by atoms with E-state index in [0.717, 1.165) is 25.1 Å². The number of benzene rings is 1. The molecule has 19 heavy (non-hydrogen) atoms. The molecule has 1 N–H and O–H groups in total. The molecule has 2 aliphatic heterocycles. The Hall–Kier alpha value is -1.62. The van der Waals surface area contributed by atoms with Crippen molar-refractivity contribution in [1.29, 1.82) is 0 Å². The number of hydrogen-bond acceptors (Lipinski definition) is 2. The highest BCUT2D eigenvalue weighted by Crippen LogP contribution is 2.30. The summed E-state index contributed by atoms with van der Waals surface area (Å²) in [7, 11) is 1.82. The fourth-order valence-electron chi connectivity index (χ4n) is 2.95. The molecule has 2 heterocycles. The maximum absolute atomic E-state index is 13.0. The van der Waals surface area contributed by atoms with E-state index in [1.54, 1.807) is 17.0 Å². The zero-order valence-corrected chi connectivity index (χ0v) is 11.0. The Labute approximate surface area is 112 Å². The normalized spacial score (nSPS) is 27.4. The van der Waals surface area contributed by atoms with Crippen LogP contribution in [0.15, 0.2) is 24.3 Å². The fraction of sp³-hybridized carbons (Fsp3) is 0.500. The average molecular weight is 263 g/mol. The van der Waals surface area contributed by atoms with Crippen molar-refractivity contribution < 1.29 is 9.18 Å². The van der Waals surface area contributed by atoms with Crippen molar-refractivity contribution >= 4 is 6.03 Å².